The van der Waals surface area contributed by atoms with E-state index in [2.05, 4.69) is 45.6 Å². The molecule has 134 valence electrons. The first-order valence-corrected chi connectivity index (χ1v) is 9.39. The number of aryl methyl sites for hydroxylation is 1. The van der Waals surface area contributed by atoms with Gasteiger partial charge in [-0.1, -0.05) is 23.0 Å². The lowest BCUT2D eigenvalue weighted by molar-refractivity contribution is -0.128. The van der Waals surface area contributed by atoms with Crippen LogP contribution in [-0.2, 0) is 16.0 Å². The number of benzene rings is 1. The van der Waals surface area contributed by atoms with E-state index in [1.54, 1.807) is 10.4 Å². The largest absolute Gasteiger partial charge is 0.361 e. The van der Waals surface area contributed by atoms with Crippen LogP contribution in [0.3, 0.4) is 0 Å². The Morgan fingerprint density at radius 1 is 1.46 bits per heavy atom. The van der Waals surface area contributed by atoms with Gasteiger partial charge in [-0.15, -0.1) is 10.2 Å². The van der Waals surface area contributed by atoms with Crippen LogP contribution in [0.2, 0.25) is 0 Å². The summed E-state index contributed by atoms with van der Waals surface area (Å²) in [6.07, 6.45) is 3.02. The minimum Gasteiger partial charge on any atom is -0.361 e. The molecule has 26 heavy (non-hydrogen) atoms. The van der Waals surface area contributed by atoms with E-state index in [-0.39, 0.29) is 24.2 Å². The normalized spacial score (nSPS) is 17.2. The number of hydrogen-bond acceptors (Lipinski definition) is 5. The van der Waals surface area contributed by atoms with Crippen LogP contribution in [0.15, 0.2) is 29.9 Å². The zero-order valence-corrected chi connectivity index (χ0v) is 15.2. The van der Waals surface area contributed by atoms with Gasteiger partial charge in [0.25, 0.3) is 0 Å². The number of carbonyl (C=O) groups is 2. The fraction of sp³-hybridized carbons (Fsp3) is 0.333. The fourth-order valence-electron chi connectivity index (χ4n) is 3.35. The Labute approximate surface area is 154 Å². The minimum atomic E-state index is -0.336. The van der Waals surface area contributed by atoms with Crippen LogP contribution in [-0.4, -0.2) is 45.0 Å². The van der Waals surface area contributed by atoms with Crippen molar-refractivity contribution in [3.63, 3.8) is 0 Å². The number of aromatic nitrogens is 3. The summed E-state index contributed by atoms with van der Waals surface area (Å²) in [6.45, 7) is 3.13. The van der Waals surface area contributed by atoms with Gasteiger partial charge in [-0.05, 0) is 31.0 Å². The van der Waals surface area contributed by atoms with Gasteiger partial charge in [0.15, 0.2) is 0 Å². The minimum absolute atomic E-state index is 0.0263. The average Bonchev–Trinajstić information content (AvgIpc) is 3.33. The molecule has 0 spiro atoms. The number of nitrogens with zero attached hydrogens (tertiary/aromatic N) is 3. The Morgan fingerprint density at radius 3 is 3.15 bits per heavy atom. The van der Waals surface area contributed by atoms with Crippen molar-refractivity contribution in [2.24, 2.45) is 5.92 Å². The van der Waals surface area contributed by atoms with Crippen molar-refractivity contribution < 1.29 is 9.59 Å². The van der Waals surface area contributed by atoms with Crippen LogP contribution >= 0.6 is 11.3 Å². The molecule has 1 aliphatic rings. The summed E-state index contributed by atoms with van der Waals surface area (Å²) in [7, 11) is 0. The van der Waals surface area contributed by atoms with E-state index in [0.717, 1.165) is 11.9 Å². The zero-order chi connectivity index (χ0) is 18.1. The molecule has 2 N–H and O–H groups in total. The van der Waals surface area contributed by atoms with E-state index < -0.39 is 0 Å². The van der Waals surface area contributed by atoms with Crippen LogP contribution < -0.4 is 5.32 Å². The molecular formula is C18H19N5O2S. The molecule has 2 amide bonds. The maximum Gasteiger partial charge on any atom is 0.231 e. The third-order valence-corrected chi connectivity index (χ3v) is 5.36. The van der Waals surface area contributed by atoms with Gasteiger partial charge in [-0.2, -0.15) is 0 Å². The lowest BCUT2D eigenvalue weighted by atomic mass is 10.1. The maximum atomic E-state index is 12.3. The Hall–Kier alpha value is -2.74. The molecule has 1 aromatic carbocycles. The number of anilines is 1. The molecule has 1 aliphatic heterocycles. The summed E-state index contributed by atoms with van der Waals surface area (Å²) >= 11 is 1.27. The summed E-state index contributed by atoms with van der Waals surface area (Å²) in [5, 5.41) is 11.9. The van der Waals surface area contributed by atoms with Crippen molar-refractivity contribution in [3.8, 4) is 0 Å². The number of hydrogen-bond donors (Lipinski definition) is 2. The van der Waals surface area contributed by atoms with Gasteiger partial charge in [-0.25, -0.2) is 0 Å². The molecule has 3 heterocycles. The number of carbonyl (C=O) groups excluding carboxylic acids is 2. The van der Waals surface area contributed by atoms with Gasteiger partial charge in [0.1, 0.15) is 5.51 Å². The van der Waals surface area contributed by atoms with Crippen molar-refractivity contribution in [2.45, 2.75) is 19.8 Å². The molecular weight excluding hydrogens is 350 g/mol. The summed E-state index contributed by atoms with van der Waals surface area (Å²) < 4.78 is 0. The Morgan fingerprint density at radius 2 is 2.35 bits per heavy atom. The van der Waals surface area contributed by atoms with Crippen molar-refractivity contribution in [1.29, 1.82) is 0 Å². The summed E-state index contributed by atoms with van der Waals surface area (Å²) in [6, 6.07) is 6.31. The van der Waals surface area contributed by atoms with Crippen LogP contribution in [0, 0.1) is 12.8 Å². The lowest BCUT2D eigenvalue weighted by Crippen LogP contribution is -2.30. The van der Waals surface area contributed by atoms with Gasteiger partial charge in [-0.3, -0.25) is 9.59 Å². The van der Waals surface area contributed by atoms with Crippen molar-refractivity contribution >= 4 is 39.2 Å². The van der Waals surface area contributed by atoms with Crippen molar-refractivity contribution in [1.82, 2.24) is 20.1 Å². The average molecular weight is 369 g/mol. The molecule has 0 radical (unpaired) electrons. The molecule has 7 nitrogen and oxygen atoms in total. The quantitative estimate of drug-likeness (QED) is 0.722. The van der Waals surface area contributed by atoms with Crippen molar-refractivity contribution in [3.05, 3.63) is 41.0 Å². The van der Waals surface area contributed by atoms with Gasteiger partial charge in [0, 0.05) is 36.6 Å². The van der Waals surface area contributed by atoms with Crippen LogP contribution in [0.25, 0.3) is 10.9 Å². The fourth-order valence-corrected chi connectivity index (χ4v) is 3.80. The number of fused-ring (bicyclic) bond motifs is 1. The molecule has 1 atom stereocenters. The monoisotopic (exact) mass is 369 g/mol. The number of aromatic amines is 1. The van der Waals surface area contributed by atoms with Gasteiger partial charge >= 0.3 is 0 Å². The van der Waals surface area contributed by atoms with Gasteiger partial charge in [0.05, 0.1) is 5.92 Å². The third-order valence-electron chi connectivity index (χ3n) is 4.75. The molecule has 1 saturated heterocycles. The predicted octanol–water partition coefficient (Wildman–Crippen LogP) is 2.36. The number of H-pyrrole nitrogens is 1. The Balaban J connectivity index is 1.38. The first kappa shape index (κ1) is 16.7. The SMILES string of the molecule is Cc1ccc2[nH]cc(CCN3C[C@H](C(=O)Nc4nncs4)CC3=O)c2c1. The van der Waals surface area contributed by atoms with Gasteiger partial charge < -0.3 is 15.2 Å². The number of rotatable bonds is 5. The number of nitrogens with one attached hydrogen (secondary N) is 2. The second-order valence-corrected chi connectivity index (χ2v) is 7.42. The Kier molecular flexibility index (Phi) is 4.42. The molecule has 4 rings (SSSR count). The summed E-state index contributed by atoms with van der Waals surface area (Å²) in [4.78, 5) is 29.6. The molecule has 0 saturated carbocycles. The molecule has 0 unspecified atom stereocenters. The second kappa shape index (κ2) is 6.87. The number of amides is 2. The van der Waals surface area contributed by atoms with E-state index in [0.29, 0.717) is 18.2 Å². The molecule has 1 fully saturated rings. The van der Waals surface area contributed by atoms with Crippen LogP contribution in [0.1, 0.15) is 17.5 Å². The molecule has 0 bridgehead atoms. The molecule has 8 heteroatoms. The predicted molar refractivity (Wildman–Crippen MR) is 100.0 cm³/mol. The zero-order valence-electron chi connectivity index (χ0n) is 14.4. The Bertz CT molecular complexity index is 950. The lowest BCUT2D eigenvalue weighted by Gasteiger charge is -2.16. The van der Waals surface area contributed by atoms with E-state index in [4.69, 9.17) is 0 Å². The summed E-state index contributed by atoms with van der Waals surface area (Å²) in [5.41, 5.74) is 5.07. The molecule has 0 aliphatic carbocycles. The highest BCUT2D eigenvalue weighted by Gasteiger charge is 2.34. The first-order valence-electron chi connectivity index (χ1n) is 8.51. The summed E-state index contributed by atoms with van der Waals surface area (Å²) in [5.74, 6) is -0.477. The van der Waals surface area contributed by atoms with E-state index in [9.17, 15) is 9.59 Å². The van der Waals surface area contributed by atoms with E-state index >= 15 is 0 Å². The smallest absolute Gasteiger partial charge is 0.231 e. The third kappa shape index (κ3) is 3.32. The molecule has 2 aromatic heterocycles. The van der Waals surface area contributed by atoms with Crippen molar-refractivity contribution in [2.75, 3.05) is 18.4 Å². The molecule has 3 aromatic rings. The standard InChI is InChI=1S/C18H19N5O2S/c1-11-2-3-15-14(6-11)12(8-19-15)4-5-23-9-13(7-16(23)24)17(25)21-18-22-20-10-26-18/h2-3,6,8,10,13,19H,4-5,7,9H2,1H3,(H,21,22,25)/t13-/m1/s1. The van der Waals surface area contributed by atoms with E-state index in [1.807, 2.05) is 6.20 Å². The van der Waals surface area contributed by atoms with Crippen LogP contribution in [0.5, 0.6) is 0 Å². The van der Waals surface area contributed by atoms with Crippen LogP contribution in [0.4, 0.5) is 5.13 Å². The topological polar surface area (TPSA) is 91.0 Å². The number of likely N-dealkylation sites (tertiary alicyclic amines) is 1. The maximum absolute atomic E-state index is 12.3. The highest BCUT2D eigenvalue weighted by molar-refractivity contribution is 7.13. The first-order chi connectivity index (χ1) is 12.6. The highest BCUT2D eigenvalue weighted by atomic mass is 32.1. The highest BCUT2D eigenvalue weighted by Crippen LogP contribution is 2.23. The van der Waals surface area contributed by atoms with E-state index in [1.165, 1.54) is 27.8 Å². The van der Waals surface area contributed by atoms with Gasteiger partial charge in [0.2, 0.25) is 16.9 Å². The second-order valence-electron chi connectivity index (χ2n) is 6.59.